The zero-order valence-electron chi connectivity index (χ0n) is 11.0. The first-order chi connectivity index (χ1) is 7.56. The molecule has 17 heavy (non-hydrogen) atoms. The van der Waals surface area contributed by atoms with Crippen LogP contribution in [-0.2, 0) is 15.4 Å². The summed E-state index contributed by atoms with van der Waals surface area (Å²) >= 11 is 0. The maximum Gasteiger partial charge on any atom is 0.242 e. The number of benzene rings is 1. The maximum atomic E-state index is 11.9. The van der Waals surface area contributed by atoms with Crippen LogP contribution in [0, 0.1) is 0 Å². The van der Waals surface area contributed by atoms with Crippen molar-refractivity contribution in [1.29, 1.82) is 0 Å². The summed E-state index contributed by atoms with van der Waals surface area (Å²) < 4.78 is 25.0. The van der Waals surface area contributed by atoms with E-state index in [1.807, 2.05) is 20.8 Å². The molecule has 0 atom stereocenters. The van der Waals surface area contributed by atoms with Gasteiger partial charge in [0.15, 0.2) is 0 Å². The van der Waals surface area contributed by atoms with Crippen molar-refractivity contribution >= 4 is 15.7 Å². The second-order valence-electron chi connectivity index (χ2n) is 5.29. The summed E-state index contributed by atoms with van der Waals surface area (Å²) in [4.78, 5) is 0.230. The quantitative estimate of drug-likeness (QED) is 0.821. The highest BCUT2D eigenvalue weighted by Gasteiger charge is 2.21. The average Bonchev–Trinajstić information content (AvgIpc) is 2.15. The Morgan fingerprint density at radius 2 is 1.71 bits per heavy atom. The fourth-order valence-electron chi connectivity index (χ4n) is 1.60. The van der Waals surface area contributed by atoms with E-state index in [9.17, 15) is 8.42 Å². The van der Waals surface area contributed by atoms with Crippen molar-refractivity contribution in [3.8, 4) is 0 Å². The van der Waals surface area contributed by atoms with Gasteiger partial charge in [0.25, 0.3) is 0 Å². The molecule has 0 aliphatic rings. The summed E-state index contributed by atoms with van der Waals surface area (Å²) in [5, 5.41) is 0. The lowest BCUT2D eigenvalue weighted by molar-refractivity contribution is 0.520. The lowest BCUT2D eigenvalue weighted by atomic mass is 9.86. The lowest BCUT2D eigenvalue weighted by Crippen LogP contribution is -2.23. The number of nitrogen functional groups attached to an aromatic ring is 1. The third-order valence-electron chi connectivity index (χ3n) is 2.61. The van der Waals surface area contributed by atoms with Gasteiger partial charge in [-0.3, -0.25) is 0 Å². The Balaban J connectivity index is 3.33. The van der Waals surface area contributed by atoms with Gasteiger partial charge in [0.05, 0.1) is 4.90 Å². The molecular formula is C12H20N2O2S. The summed E-state index contributed by atoms with van der Waals surface area (Å²) in [6.07, 6.45) is 0. The van der Waals surface area contributed by atoms with Crippen LogP contribution in [0.25, 0.3) is 0 Å². The molecule has 0 bridgehead atoms. The van der Waals surface area contributed by atoms with E-state index in [0.717, 1.165) is 5.56 Å². The highest BCUT2D eigenvalue weighted by molar-refractivity contribution is 7.89. The number of sulfonamides is 1. The Hall–Kier alpha value is -1.07. The zero-order valence-corrected chi connectivity index (χ0v) is 11.8. The Bertz CT molecular complexity index is 514. The van der Waals surface area contributed by atoms with E-state index in [-0.39, 0.29) is 10.3 Å². The molecular weight excluding hydrogens is 236 g/mol. The Labute approximate surface area is 103 Å². The molecule has 2 N–H and O–H groups in total. The first-order valence-corrected chi connectivity index (χ1v) is 6.83. The van der Waals surface area contributed by atoms with Crippen LogP contribution in [-0.4, -0.2) is 26.8 Å². The molecule has 0 spiro atoms. The van der Waals surface area contributed by atoms with Gasteiger partial charge in [0, 0.05) is 19.8 Å². The molecule has 0 aliphatic carbocycles. The molecule has 96 valence electrons. The van der Waals surface area contributed by atoms with Crippen molar-refractivity contribution in [2.24, 2.45) is 0 Å². The second kappa shape index (κ2) is 4.31. The zero-order chi connectivity index (χ0) is 13.4. The molecule has 0 heterocycles. The summed E-state index contributed by atoms with van der Waals surface area (Å²) in [5.74, 6) is 0. The van der Waals surface area contributed by atoms with E-state index < -0.39 is 10.0 Å². The Morgan fingerprint density at radius 1 is 1.18 bits per heavy atom. The number of nitrogens with zero attached hydrogens (tertiary/aromatic N) is 1. The predicted molar refractivity (Wildman–Crippen MR) is 70.4 cm³/mol. The maximum absolute atomic E-state index is 11.9. The molecule has 0 unspecified atom stereocenters. The molecule has 4 nitrogen and oxygen atoms in total. The Morgan fingerprint density at radius 3 is 2.06 bits per heavy atom. The number of rotatable bonds is 2. The molecule has 0 radical (unpaired) electrons. The fraction of sp³-hybridized carbons (Fsp3) is 0.500. The van der Waals surface area contributed by atoms with Crippen LogP contribution >= 0.6 is 0 Å². The number of hydrogen-bond acceptors (Lipinski definition) is 3. The lowest BCUT2D eigenvalue weighted by Gasteiger charge is -2.22. The normalized spacial score (nSPS) is 13.1. The molecule has 1 rings (SSSR count). The van der Waals surface area contributed by atoms with Crippen molar-refractivity contribution in [3.63, 3.8) is 0 Å². The van der Waals surface area contributed by atoms with Crippen LogP contribution in [0.4, 0.5) is 5.69 Å². The topological polar surface area (TPSA) is 63.4 Å². The molecule has 0 saturated heterocycles. The SMILES string of the molecule is CN(C)S(=O)(=O)c1ccc(C(C)(C)C)c(N)c1. The number of nitrogens with two attached hydrogens (primary N) is 1. The molecule has 0 saturated carbocycles. The minimum absolute atomic E-state index is 0.0928. The first-order valence-electron chi connectivity index (χ1n) is 5.39. The number of anilines is 1. The highest BCUT2D eigenvalue weighted by atomic mass is 32.2. The third kappa shape index (κ3) is 2.79. The van der Waals surface area contributed by atoms with Crippen LogP contribution in [0.3, 0.4) is 0 Å². The molecule has 0 aromatic heterocycles. The van der Waals surface area contributed by atoms with E-state index >= 15 is 0 Å². The van der Waals surface area contributed by atoms with Gasteiger partial charge in [-0.05, 0) is 23.1 Å². The molecule has 0 amide bonds. The minimum atomic E-state index is -3.41. The molecule has 5 heteroatoms. The second-order valence-corrected chi connectivity index (χ2v) is 7.44. The van der Waals surface area contributed by atoms with Crippen molar-refractivity contribution in [2.45, 2.75) is 31.1 Å². The van der Waals surface area contributed by atoms with Gasteiger partial charge < -0.3 is 5.73 Å². The van der Waals surface area contributed by atoms with Crippen LogP contribution in [0.5, 0.6) is 0 Å². The standard InChI is InChI=1S/C12H20N2O2S/c1-12(2,3)10-7-6-9(8-11(10)13)17(15,16)14(4)5/h6-8H,13H2,1-5H3. The van der Waals surface area contributed by atoms with Crippen LogP contribution in [0.2, 0.25) is 0 Å². The minimum Gasteiger partial charge on any atom is -0.398 e. The van der Waals surface area contributed by atoms with Gasteiger partial charge in [-0.15, -0.1) is 0 Å². The molecule has 0 aliphatic heterocycles. The number of hydrogen-bond donors (Lipinski definition) is 1. The largest absolute Gasteiger partial charge is 0.398 e. The predicted octanol–water partition coefficient (Wildman–Crippen LogP) is 1.82. The summed E-state index contributed by atoms with van der Waals surface area (Å²) in [7, 11) is -0.402. The third-order valence-corrected chi connectivity index (χ3v) is 4.42. The van der Waals surface area contributed by atoms with Crippen LogP contribution < -0.4 is 5.73 Å². The molecule has 0 fully saturated rings. The van der Waals surface area contributed by atoms with Gasteiger partial charge in [0.2, 0.25) is 10.0 Å². The average molecular weight is 256 g/mol. The van der Waals surface area contributed by atoms with Crippen molar-refractivity contribution < 1.29 is 8.42 Å². The van der Waals surface area contributed by atoms with E-state index in [1.54, 1.807) is 12.1 Å². The van der Waals surface area contributed by atoms with Gasteiger partial charge >= 0.3 is 0 Å². The van der Waals surface area contributed by atoms with E-state index in [0.29, 0.717) is 5.69 Å². The van der Waals surface area contributed by atoms with Crippen molar-refractivity contribution in [1.82, 2.24) is 4.31 Å². The van der Waals surface area contributed by atoms with Crippen LogP contribution in [0.1, 0.15) is 26.3 Å². The Kier molecular flexibility index (Phi) is 3.55. The van der Waals surface area contributed by atoms with Gasteiger partial charge in [-0.2, -0.15) is 0 Å². The van der Waals surface area contributed by atoms with E-state index in [1.165, 1.54) is 24.5 Å². The molecule has 1 aromatic rings. The highest BCUT2D eigenvalue weighted by Crippen LogP contribution is 2.29. The monoisotopic (exact) mass is 256 g/mol. The molecule has 1 aromatic carbocycles. The van der Waals surface area contributed by atoms with Gasteiger partial charge in [-0.25, -0.2) is 12.7 Å². The van der Waals surface area contributed by atoms with Crippen LogP contribution in [0.15, 0.2) is 23.1 Å². The summed E-state index contributed by atoms with van der Waals surface area (Å²) in [6, 6.07) is 4.91. The van der Waals surface area contributed by atoms with E-state index in [2.05, 4.69) is 0 Å². The van der Waals surface area contributed by atoms with Crippen molar-refractivity contribution in [3.05, 3.63) is 23.8 Å². The van der Waals surface area contributed by atoms with Crippen molar-refractivity contribution in [2.75, 3.05) is 19.8 Å². The van der Waals surface area contributed by atoms with E-state index in [4.69, 9.17) is 5.73 Å². The smallest absolute Gasteiger partial charge is 0.242 e. The summed E-state index contributed by atoms with van der Waals surface area (Å²) in [5.41, 5.74) is 7.30. The fourth-order valence-corrected chi connectivity index (χ4v) is 2.53. The summed E-state index contributed by atoms with van der Waals surface area (Å²) in [6.45, 7) is 6.12. The van der Waals surface area contributed by atoms with Gasteiger partial charge in [-0.1, -0.05) is 26.8 Å². The van der Waals surface area contributed by atoms with Gasteiger partial charge in [0.1, 0.15) is 0 Å². The first kappa shape index (κ1) is 14.0.